The van der Waals surface area contributed by atoms with Crippen LogP contribution >= 0.6 is 11.8 Å². The number of amides is 3. The number of carbonyl (C=O) groups excluding carboxylic acids is 3. The Kier molecular flexibility index (Phi) is 8.77. The molecule has 12 heteroatoms. The Balaban J connectivity index is 1.73. The van der Waals surface area contributed by atoms with Gasteiger partial charge in [0, 0.05) is 17.0 Å². The first kappa shape index (κ1) is 27.9. The molecule has 37 heavy (non-hydrogen) atoms. The Morgan fingerprint density at radius 3 is 2.51 bits per heavy atom. The van der Waals surface area contributed by atoms with Gasteiger partial charge in [-0.25, -0.2) is 18.8 Å². The number of ether oxygens (including phenoxy) is 1. The van der Waals surface area contributed by atoms with Crippen molar-refractivity contribution in [3.8, 4) is 0 Å². The lowest BCUT2D eigenvalue weighted by molar-refractivity contribution is -0.163. The fraction of sp³-hybridized carbons (Fsp3) is 0.360. The molecule has 3 amide bonds. The molecule has 1 heterocycles. The van der Waals surface area contributed by atoms with E-state index in [1.54, 1.807) is 26.8 Å². The van der Waals surface area contributed by atoms with Gasteiger partial charge < -0.3 is 30.5 Å². The highest BCUT2D eigenvalue weighted by Crippen LogP contribution is 2.42. The van der Waals surface area contributed by atoms with Crippen LogP contribution in [0.3, 0.4) is 0 Å². The Labute approximate surface area is 217 Å². The highest BCUT2D eigenvalue weighted by molar-refractivity contribution is 7.99. The number of aliphatic hydroxyl groups excluding tert-OH is 1. The van der Waals surface area contributed by atoms with Crippen LogP contribution in [0.2, 0.25) is 0 Å². The number of rotatable bonds is 7. The van der Waals surface area contributed by atoms with Crippen molar-refractivity contribution < 1.29 is 38.5 Å². The van der Waals surface area contributed by atoms with Crippen molar-refractivity contribution in [3.05, 3.63) is 65.5 Å². The minimum absolute atomic E-state index is 0.0587. The van der Waals surface area contributed by atoms with Crippen LogP contribution in [0.5, 0.6) is 0 Å². The summed E-state index contributed by atoms with van der Waals surface area (Å²) in [6.07, 6.45) is -1.76. The van der Waals surface area contributed by atoms with E-state index in [4.69, 9.17) is 9.84 Å². The Hall–Kier alpha value is -3.64. The van der Waals surface area contributed by atoms with Crippen molar-refractivity contribution in [1.82, 2.24) is 10.2 Å². The third-order valence-corrected chi connectivity index (χ3v) is 6.54. The fourth-order valence-corrected chi connectivity index (χ4v) is 5.09. The second-order valence-corrected chi connectivity index (χ2v) is 10.3. The van der Waals surface area contributed by atoms with Gasteiger partial charge in [-0.15, -0.1) is 11.8 Å². The molecule has 1 saturated heterocycles. The Morgan fingerprint density at radius 2 is 1.86 bits per heavy atom. The summed E-state index contributed by atoms with van der Waals surface area (Å²) in [5, 5.41) is 22.7. The number of thioether (sulfide) groups is 1. The van der Waals surface area contributed by atoms with Crippen LogP contribution in [0.25, 0.3) is 0 Å². The molecular formula is C25H28FN3O7S. The predicted molar refractivity (Wildman–Crippen MR) is 134 cm³/mol. The van der Waals surface area contributed by atoms with Gasteiger partial charge in [0.2, 0.25) is 5.91 Å². The number of urea groups is 1. The number of halogens is 1. The first-order valence-corrected chi connectivity index (χ1v) is 12.4. The number of nitrogens with one attached hydrogen (secondary N) is 2. The quantitative estimate of drug-likeness (QED) is 0.398. The molecule has 1 aliphatic heterocycles. The van der Waals surface area contributed by atoms with Gasteiger partial charge in [0.1, 0.15) is 22.8 Å². The van der Waals surface area contributed by atoms with Gasteiger partial charge in [-0.3, -0.25) is 4.79 Å². The van der Waals surface area contributed by atoms with Gasteiger partial charge in [0.25, 0.3) is 0 Å². The summed E-state index contributed by atoms with van der Waals surface area (Å²) in [4.78, 5) is 50.7. The van der Waals surface area contributed by atoms with E-state index in [0.717, 1.165) is 0 Å². The van der Waals surface area contributed by atoms with Gasteiger partial charge >= 0.3 is 18.0 Å². The van der Waals surface area contributed by atoms with Crippen LogP contribution < -0.4 is 10.6 Å². The highest BCUT2D eigenvalue weighted by atomic mass is 32.2. The maximum atomic E-state index is 14.6. The first-order valence-electron chi connectivity index (χ1n) is 11.3. The lowest BCUT2D eigenvalue weighted by atomic mass is 10.1. The van der Waals surface area contributed by atoms with Crippen molar-refractivity contribution in [1.29, 1.82) is 0 Å². The molecule has 0 spiro atoms. The van der Waals surface area contributed by atoms with Crippen molar-refractivity contribution in [2.24, 2.45) is 0 Å². The van der Waals surface area contributed by atoms with E-state index < -0.39 is 59.4 Å². The van der Waals surface area contributed by atoms with Gasteiger partial charge in [-0.2, -0.15) is 0 Å². The standard InChI is InChI=1S/C25H28FN3O7S/c1-25(2,3)36-23(34)18-13-37-21(16-9-4-5-10-17(16)26)29(18)19(30)12-27-24(35)28-15-8-6-7-14(11-15)20(31)22(32)33/h4-11,18,20-21,31H,12-13H2,1-3H3,(H,32,33)(H2,27,28,35)/t18-,20?,21+/m0/s1. The molecule has 0 aromatic heterocycles. The summed E-state index contributed by atoms with van der Waals surface area (Å²) in [5.41, 5.74) is -0.322. The molecule has 1 fully saturated rings. The summed E-state index contributed by atoms with van der Waals surface area (Å²) in [5.74, 6) is -3.05. The minimum Gasteiger partial charge on any atom is -0.479 e. The summed E-state index contributed by atoms with van der Waals surface area (Å²) >= 11 is 1.22. The average molecular weight is 534 g/mol. The molecule has 3 rings (SSSR count). The van der Waals surface area contributed by atoms with E-state index >= 15 is 0 Å². The lowest BCUT2D eigenvalue weighted by Gasteiger charge is -2.30. The van der Waals surface area contributed by atoms with Crippen LogP contribution in [0.15, 0.2) is 48.5 Å². The van der Waals surface area contributed by atoms with Crippen LogP contribution in [-0.2, 0) is 19.1 Å². The topological polar surface area (TPSA) is 145 Å². The molecule has 4 N–H and O–H groups in total. The number of carbonyl (C=O) groups is 4. The van der Waals surface area contributed by atoms with Crippen LogP contribution in [-0.4, -0.2) is 62.9 Å². The molecule has 198 valence electrons. The Morgan fingerprint density at radius 1 is 1.16 bits per heavy atom. The van der Waals surface area contributed by atoms with Crippen molar-refractivity contribution in [2.75, 3.05) is 17.6 Å². The van der Waals surface area contributed by atoms with Crippen LogP contribution in [0.1, 0.15) is 43.4 Å². The zero-order chi connectivity index (χ0) is 27.3. The summed E-state index contributed by atoms with van der Waals surface area (Å²) in [7, 11) is 0. The number of hydrogen-bond donors (Lipinski definition) is 4. The van der Waals surface area contributed by atoms with Crippen LogP contribution in [0, 0.1) is 5.82 Å². The van der Waals surface area contributed by atoms with Crippen molar-refractivity contribution in [3.63, 3.8) is 0 Å². The second-order valence-electron chi connectivity index (χ2n) is 9.23. The largest absolute Gasteiger partial charge is 0.479 e. The number of carboxylic acid groups (broad SMARTS) is 1. The second kappa shape index (κ2) is 11.6. The molecule has 0 saturated carbocycles. The van der Waals surface area contributed by atoms with Gasteiger partial charge in [-0.1, -0.05) is 30.3 Å². The summed E-state index contributed by atoms with van der Waals surface area (Å²) < 4.78 is 20.0. The molecule has 2 aromatic carbocycles. The van der Waals surface area contributed by atoms with Crippen molar-refractivity contribution in [2.45, 2.75) is 43.9 Å². The molecule has 0 aliphatic carbocycles. The zero-order valence-electron chi connectivity index (χ0n) is 20.4. The van der Waals surface area contributed by atoms with Gasteiger partial charge in [0.15, 0.2) is 6.10 Å². The molecule has 1 unspecified atom stereocenters. The van der Waals surface area contributed by atoms with E-state index in [0.29, 0.717) is 0 Å². The maximum absolute atomic E-state index is 14.6. The number of anilines is 1. The molecule has 3 atom stereocenters. The van der Waals surface area contributed by atoms with E-state index in [1.165, 1.54) is 59.1 Å². The zero-order valence-corrected chi connectivity index (χ0v) is 21.3. The number of benzene rings is 2. The normalized spacial score (nSPS) is 18.1. The van der Waals surface area contributed by atoms with Gasteiger partial charge in [0.05, 0.1) is 6.54 Å². The van der Waals surface area contributed by atoms with E-state index in [1.807, 2.05) is 0 Å². The SMILES string of the molecule is CC(C)(C)OC(=O)[C@@H]1CS[C@H](c2ccccc2F)N1C(=O)CNC(=O)Nc1cccc(C(O)C(=O)O)c1. The van der Waals surface area contributed by atoms with E-state index in [-0.39, 0.29) is 22.6 Å². The number of hydrogen-bond acceptors (Lipinski definition) is 7. The van der Waals surface area contributed by atoms with E-state index in [9.17, 15) is 28.7 Å². The first-order chi connectivity index (χ1) is 17.4. The van der Waals surface area contributed by atoms with Crippen LogP contribution in [0.4, 0.5) is 14.9 Å². The van der Waals surface area contributed by atoms with Crippen molar-refractivity contribution >= 4 is 41.3 Å². The fourth-order valence-electron chi connectivity index (χ4n) is 3.63. The maximum Gasteiger partial charge on any atom is 0.337 e. The summed E-state index contributed by atoms with van der Waals surface area (Å²) in [6, 6.07) is 9.77. The molecular weight excluding hydrogens is 505 g/mol. The number of esters is 1. The monoisotopic (exact) mass is 533 g/mol. The van der Waals surface area contributed by atoms with E-state index in [2.05, 4.69) is 10.6 Å². The molecule has 0 radical (unpaired) electrons. The number of aliphatic carboxylic acids is 1. The lowest BCUT2D eigenvalue weighted by Crippen LogP contribution is -2.49. The number of aliphatic hydroxyl groups is 1. The van der Waals surface area contributed by atoms with Gasteiger partial charge in [-0.05, 0) is 44.5 Å². The summed E-state index contributed by atoms with van der Waals surface area (Å²) in [6.45, 7) is 4.59. The molecule has 0 bridgehead atoms. The average Bonchev–Trinajstić information content (AvgIpc) is 3.26. The third-order valence-electron chi connectivity index (χ3n) is 5.23. The minimum atomic E-state index is -1.76. The smallest absolute Gasteiger partial charge is 0.337 e. The molecule has 1 aliphatic rings. The molecule has 2 aromatic rings. The third kappa shape index (κ3) is 7.20. The predicted octanol–water partition coefficient (Wildman–Crippen LogP) is 3.05. The number of carboxylic acids is 1. The highest BCUT2D eigenvalue weighted by Gasteiger charge is 2.44. The molecule has 10 nitrogen and oxygen atoms in total. The Bertz CT molecular complexity index is 1190. The number of nitrogens with zero attached hydrogens (tertiary/aromatic N) is 1.